The number of aliphatic hydroxyl groups excluding tert-OH is 1. The molecule has 0 heterocycles. The van der Waals surface area contributed by atoms with Crippen molar-refractivity contribution in [3.8, 4) is 17.2 Å². The van der Waals surface area contributed by atoms with Crippen molar-refractivity contribution in [1.82, 2.24) is 5.32 Å². The molecule has 0 radical (unpaired) electrons. The quantitative estimate of drug-likeness (QED) is 0.766. The molecule has 5 heteroatoms. The van der Waals surface area contributed by atoms with Crippen LogP contribution in [0, 0.1) is 0 Å². The van der Waals surface area contributed by atoms with Crippen molar-refractivity contribution in [3.63, 3.8) is 0 Å². The monoisotopic (exact) mass is 255 g/mol. The van der Waals surface area contributed by atoms with E-state index >= 15 is 0 Å². The maximum Gasteiger partial charge on any atom is 0.164 e. The van der Waals surface area contributed by atoms with E-state index in [9.17, 15) is 0 Å². The maximum atomic E-state index is 8.98. The number of rotatable bonds is 7. The summed E-state index contributed by atoms with van der Waals surface area (Å²) in [7, 11) is 4.79. The smallest absolute Gasteiger partial charge is 0.164 e. The Hall–Kier alpha value is -1.46. The Morgan fingerprint density at radius 1 is 1.06 bits per heavy atom. The summed E-state index contributed by atoms with van der Waals surface area (Å²) in [5, 5.41) is 12.2. The number of nitrogens with one attached hydrogen (secondary N) is 1. The van der Waals surface area contributed by atoms with Crippen LogP contribution in [0.1, 0.15) is 12.5 Å². The Morgan fingerprint density at radius 3 is 2.11 bits per heavy atom. The molecule has 0 aliphatic carbocycles. The zero-order chi connectivity index (χ0) is 13.5. The second-order valence-corrected chi connectivity index (χ2v) is 3.98. The summed E-state index contributed by atoms with van der Waals surface area (Å²) in [5.41, 5.74) is 0.954. The Balaban J connectivity index is 2.94. The summed E-state index contributed by atoms with van der Waals surface area (Å²) in [6, 6.07) is 3.69. The first-order valence-corrected chi connectivity index (χ1v) is 5.79. The molecular formula is C13H21NO4. The van der Waals surface area contributed by atoms with Gasteiger partial charge in [-0.25, -0.2) is 0 Å². The van der Waals surface area contributed by atoms with Gasteiger partial charge in [0.05, 0.1) is 27.9 Å². The van der Waals surface area contributed by atoms with Crippen LogP contribution in [-0.4, -0.2) is 39.1 Å². The average molecular weight is 255 g/mol. The maximum absolute atomic E-state index is 8.98. The molecule has 0 aliphatic rings. The van der Waals surface area contributed by atoms with Crippen LogP contribution in [0.2, 0.25) is 0 Å². The van der Waals surface area contributed by atoms with Crippen LogP contribution in [0.4, 0.5) is 0 Å². The van der Waals surface area contributed by atoms with E-state index in [-0.39, 0.29) is 12.6 Å². The van der Waals surface area contributed by atoms with Gasteiger partial charge in [0.25, 0.3) is 0 Å². The topological polar surface area (TPSA) is 60.0 Å². The highest BCUT2D eigenvalue weighted by molar-refractivity contribution is 5.50. The predicted octanol–water partition coefficient (Wildman–Crippen LogP) is 1.18. The van der Waals surface area contributed by atoms with E-state index in [2.05, 4.69) is 5.32 Å². The molecule has 0 unspecified atom stereocenters. The first-order chi connectivity index (χ1) is 8.65. The third-order valence-electron chi connectivity index (χ3n) is 2.70. The third-order valence-corrected chi connectivity index (χ3v) is 2.70. The molecule has 1 aromatic carbocycles. The summed E-state index contributed by atoms with van der Waals surface area (Å²) >= 11 is 0. The molecule has 102 valence electrons. The van der Waals surface area contributed by atoms with Gasteiger partial charge in [0, 0.05) is 24.2 Å². The molecule has 0 amide bonds. The summed E-state index contributed by atoms with van der Waals surface area (Å²) in [5.74, 6) is 2.02. The van der Waals surface area contributed by atoms with E-state index in [0.717, 1.165) is 11.3 Å². The fraction of sp³-hybridized carbons (Fsp3) is 0.538. The Kier molecular flexibility index (Phi) is 5.74. The van der Waals surface area contributed by atoms with Crippen molar-refractivity contribution in [2.75, 3.05) is 27.9 Å². The Morgan fingerprint density at radius 2 is 1.61 bits per heavy atom. The molecule has 0 spiro atoms. The van der Waals surface area contributed by atoms with Crippen LogP contribution >= 0.6 is 0 Å². The van der Waals surface area contributed by atoms with Crippen LogP contribution in [0.25, 0.3) is 0 Å². The zero-order valence-corrected chi connectivity index (χ0v) is 11.3. The molecule has 0 fully saturated rings. The Labute approximate surface area is 108 Å². The van der Waals surface area contributed by atoms with Gasteiger partial charge >= 0.3 is 0 Å². The number of benzene rings is 1. The molecule has 1 rings (SSSR count). The lowest BCUT2D eigenvalue weighted by Gasteiger charge is -2.16. The van der Waals surface area contributed by atoms with Gasteiger partial charge in [-0.2, -0.15) is 0 Å². The molecule has 0 aromatic heterocycles. The van der Waals surface area contributed by atoms with Gasteiger partial charge in [-0.3, -0.25) is 0 Å². The van der Waals surface area contributed by atoms with Crippen LogP contribution in [0.15, 0.2) is 12.1 Å². The molecule has 0 saturated heterocycles. The Bertz CT molecular complexity index is 381. The second kappa shape index (κ2) is 7.08. The number of aliphatic hydroxyl groups is 1. The largest absolute Gasteiger partial charge is 0.496 e. The first kappa shape index (κ1) is 14.6. The molecular weight excluding hydrogens is 234 g/mol. The van der Waals surface area contributed by atoms with Gasteiger partial charge in [0.1, 0.15) is 5.75 Å². The minimum Gasteiger partial charge on any atom is -0.496 e. The molecule has 0 aliphatic heterocycles. The molecule has 2 N–H and O–H groups in total. The summed E-state index contributed by atoms with van der Waals surface area (Å²) in [6.07, 6.45) is 0. The molecule has 18 heavy (non-hydrogen) atoms. The highest BCUT2D eigenvalue weighted by atomic mass is 16.5. The second-order valence-electron chi connectivity index (χ2n) is 3.98. The normalized spacial score (nSPS) is 12.1. The lowest BCUT2D eigenvalue weighted by molar-refractivity contribution is 0.250. The zero-order valence-electron chi connectivity index (χ0n) is 11.3. The molecule has 0 bridgehead atoms. The minimum absolute atomic E-state index is 0.0304. The van der Waals surface area contributed by atoms with E-state index in [1.54, 1.807) is 27.4 Å². The van der Waals surface area contributed by atoms with E-state index in [1.807, 2.05) is 13.0 Å². The SMILES string of the molecule is COc1cc(OC)c(OC)cc1CN[C@H](C)CO. The molecule has 1 aromatic rings. The third kappa shape index (κ3) is 3.51. The number of hydrogen-bond donors (Lipinski definition) is 2. The van der Waals surface area contributed by atoms with Gasteiger partial charge in [-0.15, -0.1) is 0 Å². The van der Waals surface area contributed by atoms with Crippen molar-refractivity contribution in [2.45, 2.75) is 19.5 Å². The van der Waals surface area contributed by atoms with E-state index < -0.39 is 0 Å². The van der Waals surface area contributed by atoms with Crippen LogP contribution < -0.4 is 19.5 Å². The van der Waals surface area contributed by atoms with Crippen molar-refractivity contribution in [1.29, 1.82) is 0 Å². The van der Waals surface area contributed by atoms with Crippen molar-refractivity contribution in [2.24, 2.45) is 0 Å². The minimum atomic E-state index is 0.0304. The lowest BCUT2D eigenvalue weighted by Crippen LogP contribution is -2.28. The molecule has 5 nitrogen and oxygen atoms in total. The molecule has 0 saturated carbocycles. The number of methoxy groups -OCH3 is 3. The van der Waals surface area contributed by atoms with E-state index in [4.69, 9.17) is 19.3 Å². The van der Waals surface area contributed by atoms with Crippen LogP contribution in [0.3, 0.4) is 0 Å². The van der Waals surface area contributed by atoms with E-state index in [0.29, 0.717) is 18.0 Å². The van der Waals surface area contributed by atoms with Crippen molar-refractivity contribution >= 4 is 0 Å². The fourth-order valence-electron chi connectivity index (χ4n) is 1.58. The van der Waals surface area contributed by atoms with Crippen LogP contribution in [-0.2, 0) is 6.54 Å². The summed E-state index contributed by atoms with van der Waals surface area (Å²) < 4.78 is 15.8. The first-order valence-electron chi connectivity index (χ1n) is 5.79. The van der Waals surface area contributed by atoms with Crippen LogP contribution in [0.5, 0.6) is 17.2 Å². The van der Waals surface area contributed by atoms with Gasteiger partial charge in [0.15, 0.2) is 11.5 Å². The van der Waals surface area contributed by atoms with E-state index in [1.165, 1.54) is 0 Å². The predicted molar refractivity (Wildman–Crippen MR) is 69.5 cm³/mol. The average Bonchev–Trinajstić information content (AvgIpc) is 2.43. The number of ether oxygens (including phenoxy) is 3. The standard InChI is InChI=1S/C13H21NO4/c1-9(8-15)14-7-10-5-12(17-3)13(18-4)6-11(10)16-2/h5-6,9,14-15H,7-8H2,1-4H3/t9-/m1/s1. The van der Waals surface area contributed by atoms with Crippen molar-refractivity contribution < 1.29 is 19.3 Å². The summed E-state index contributed by atoms with van der Waals surface area (Å²) in [4.78, 5) is 0. The van der Waals surface area contributed by atoms with Crippen molar-refractivity contribution in [3.05, 3.63) is 17.7 Å². The highest BCUT2D eigenvalue weighted by Gasteiger charge is 2.12. The van der Waals surface area contributed by atoms with Gasteiger partial charge in [0.2, 0.25) is 0 Å². The van der Waals surface area contributed by atoms with Gasteiger partial charge in [-0.1, -0.05) is 0 Å². The van der Waals surface area contributed by atoms with Gasteiger partial charge < -0.3 is 24.6 Å². The van der Waals surface area contributed by atoms with Gasteiger partial charge in [-0.05, 0) is 13.0 Å². The number of hydrogen-bond acceptors (Lipinski definition) is 5. The molecule has 1 atom stereocenters. The highest BCUT2D eigenvalue weighted by Crippen LogP contribution is 2.34. The lowest BCUT2D eigenvalue weighted by atomic mass is 10.1. The summed E-state index contributed by atoms with van der Waals surface area (Å²) in [6.45, 7) is 2.59. The fourth-order valence-corrected chi connectivity index (χ4v) is 1.58.